The molecule has 6 heteroatoms. The van der Waals surface area contributed by atoms with Crippen molar-refractivity contribution in [1.29, 1.82) is 0 Å². The molecule has 0 aromatic heterocycles. The Balaban J connectivity index is 1.75. The maximum atomic E-state index is 13.2. The molecule has 0 saturated carbocycles. The number of azo groups is 1. The zero-order valence-electron chi connectivity index (χ0n) is 16.4. The first-order valence-corrected chi connectivity index (χ1v) is 9.88. The van der Waals surface area contributed by atoms with Gasteiger partial charge in [0.25, 0.3) is 5.69 Å². The maximum Gasteiger partial charge on any atom is 0.269 e. The predicted molar refractivity (Wildman–Crippen MR) is 117 cm³/mol. The van der Waals surface area contributed by atoms with Crippen molar-refractivity contribution in [2.45, 2.75) is 12.0 Å². The molecule has 1 atom stereocenters. The van der Waals surface area contributed by atoms with Gasteiger partial charge in [-0.2, -0.15) is 10.2 Å². The number of Topliss-reactive ketones (excluding diaryl/α,β-unsaturated/α-hetero) is 1. The summed E-state index contributed by atoms with van der Waals surface area (Å²) in [6, 6.07) is 23.4. The molecule has 0 amide bonds. The van der Waals surface area contributed by atoms with Crippen molar-refractivity contribution in [3.63, 3.8) is 0 Å². The van der Waals surface area contributed by atoms with E-state index in [4.69, 9.17) is 5.11 Å². The summed E-state index contributed by atoms with van der Waals surface area (Å²) in [6.45, 7) is 0. The van der Waals surface area contributed by atoms with Gasteiger partial charge in [0.05, 0.1) is 10.6 Å². The van der Waals surface area contributed by atoms with E-state index < -0.39 is 10.5 Å². The van der Waals surface area contributed by atoms with E-state index in [-0.39, 0.29) is 11.5 Å². The van der Waals surface area contributed by atoms with E-state index >= 15 is 0 Å². The Hall–Kier alpha value is -4.19. The summed E-state index contributed by atoms with van der Waals surface area (Å²) < 4.78 is 0. The second-order valence-corrected chi connectivity index (χ2v) is 7.41. The van der Waals surface area contributed by atoms with Crippen molar-refractivity contribution in [3.8, 4) is 0 Å². The number of nitrogens with zero attached hydrogens (tertiary/aromatic N) is 3. The van der Waals surface area contributed by atoms with Gasteiger partial charge in [0.15, 0.2) is 11.3 Å². The van der Waals surface area contributed by atoms with Crippen molar-refractivity contribution in [2.75, 3.05) is 0 Å². The van der Waals surface area contributed by atoms with Crippen molar-refractivity contribution in [3.05, 3.63) is 123 Å². The third-order valence-corrected chi connectivity index (χ3v) is 5.67. The van der Waals surface area contributed by atoms with Gasteiger partial charge >= 0.3 is 0 Å². The second kappa shape index (κ2) is 7.25. The van der Waals surface area contributed by atoms with Crippen molar-refractivity contribution in [1.82, 2.24) is 0 Å². The molecule has 150 valence electrons. The number of nitro groups is 1. The smallest absolute Gasteiger partial charge is 0.269 e. The van der Waals surface area contributed by atoms with Crippen molar-refractivity contribution < 1.29 is 9.72 Å². The van der Waals surface area contributed by atoms with Crippen LogP contribution in [0.1, 0.15) is 23.1 Å². The summed E-state index contributed by atoms with van der Waals surface area (Å²) in [5.74, 6) is 0.0141. The number of hydrogen-bond donors (Lipinski definition) is 0. The topological polar surface area (TPSA) is 84.9 Å². The number of carbonyl (C=O) groups excluding carboxylic acids is 1. The third-order valence-electron chi connectivity index (χ3n) is 5.67. The molecule has 0 fully saturated rings. The highest BCUT2D eigenvalue weighted by Crippen LogP contribution is 2.54. The van der Waals surface area contributed by atoms with E-state index in [0.717, 1.165) is 22.3 Å². The van der Waals surface area contributed by atoms with Crippen LogP contribution in [0.15, 0.2) is 107 Å². The second-order valence-electron chi connectivity index (χ2n) is 7.41. The minimum absolute atomic E-state index is 0.0134. The number of rotatable bonds is 4. The van der Waals surface area contributed by atoms with E-state index in [1.54, 1.807) is 12.1 Å². The average Bonchev–Trinajstić information content (AvgIpc) is 3.11. The lowest BCUT2D eigenvalue weighted by atomic mass is 9.77. The molecule has 3 aromatic carbocycles. The number of carbonyl (C=O) groups is 1. The summed E-state index contributed by atoms with van der Waals surface area (Å²) in [5, 5.41) is 20.2. The first kappa shape index (κ1) is 18.8. The molecule has 31 heavy (non-hydrogen) atoms. The largest absolute Gasteiger partial charge is 0.294 e. The first-order valence-electron chi connectivity index (χ1n) is 9.88. The van der Waals surface area contributed by atoms with Crippen LogP contribution in [0, 0.1) is 10.1 Å². The Bertz CT molecular complexity index is 1290. The number of ketones is 1. The van der Waals surface area contributed by atoms with Crippen LogP contribution in [-0.4, -0.2) is 10.7 Å². The van der Waals surface area contributed by atoms with Crippen LogP contribution >= 0.6 is 0 Å². The molecular weight excluding hydrogens is 390 g/mol. The van der Waals surface area contributed by atoms with Crippen LogP contribution in [0.3, 0.4) is 0 Å². The lowest BCUT2D eigenvalue weighted by molar-refractivity contribution is -0.384. The number of hydrogen-bond acceptors (Lipinski definition) is 5. The summed E-state index contributed by atoms with van der Waals surface area (Å²) in [4.78, 5) is 23.7. The van der Waals surface area contributed by atoms with Gasteiger partial charge in [0.1, 0.15) is 0 Å². The molecule has 3 aromatic rings. The Kier molecular flexibility index (Phi) is 4.40. The molecular formula is C25H17N3O3. The monoisotopic (exact) mass is 407 g/mol. The van der Waals surface area contributed by atoms with Gasteiger partial charge < -0.3 is 0 Å². The SMILES string of the molecule is O=C1CC=CC2=C1C(N=Nc1ccc([N+](=O)[O-])cc1)(c1ccccc1)c1ccccc12. The highest BCUT2D eigenvalue weighted by atomic mass is 16.6. The van der Waals surface area contributed by atoms with Gasteiger partial charge in [0, 0.05) is 24.1 Å². The van der Waals surface area contributed by atoms with Crippen LogP contribution in [0.4, 0.5) is 11.4 Å². The first-order chi connectivity index (χ1) is 15.1. The van der Waals surface area contributed by atoms with E-state index in [9.17, 15) is 14.9 Å². The molecule has 0 heterocycles. The van der Waals surface area contributed by atoms with E-state index in [1.165, 1.54) is 12.1 Å². The molecule has 0 radical (unpaired) electrons. The summed E-state index contributed by atoms with van der Waals surface area (Å²) in [6.07, 6.45) is 4.18. The zero-order valence-corrected chi connectivity index (χ0v) is 16.4. The number of non-ortho nitro benzene ring substituents is 1. The van der Waals surface area contributed by atoms with Crippen LogP contribution < -0.4 is 0 Å². The van der Waals surface area contributed by atoms with Crippen molar-refractivity contribution in [2.24, 2.45) is 10.2 Å². The van der Waals surface area contributed by atoms with Crippen LogP contribution in [0.5, 0.6) is 0 Å². The molecule has 2 aliphatic rings. The minimum Gasteiger partial charge on any atom is -0.294 e. The average molecular weight is 407 g/mol. The molecule has 0 spiro atoms. The van der Waals surface area contributed by atoms with E-state index in [1.807, 2.05) is 66.7 Å². The lowest BCUT2D eigenvalue weighted by Crippen LogP contribution is -2.30. The van der Waals surface area contributed by atoms with Gasteiger partial charge in [-0.15, -0.1) is 0 Å². The Labute approximate surface area is 178 Å². The molecule has 5 rings (SSSR count). The molecule has 1 unspecified atom stereocenters. The Morgan fingerprint density at radius 3 is 2.35 bits per heavy atom. The molecule has 0 aliphatic heterocycles. The van der Waals surface area contributed by atoms with Gasteiger partial charge in [-0.3, -0.25) is 14.9 Å². The standard InChI is InChI=1S/C25H17N3O3/c29-23-12-6-10-21-20-9-4-5-11-22(20)25(24(21)23,17-7-2-1-3-8-17)27-26-18-13-15-19(16-14-18)28(30)31/h1-11,13-16H,12H2. The molecule has 0 N–H and O–H groups in total. The number of benzene rings is 3. The fraction of sp³-hybridized carbons (Fsp3) is 0.0800. The summed E-state index contributed by atoms with van der Waals surface area (Å²) in [7, 11) is 0. The van der Waals surface area contributed by atoms with Crippen LogP contribution in [-0.2, 0) is 10.3 Å². The highest BCUT2D eigenvalue weighted by Gasteiger charge is 2.49. The summed E-state index contributed by atoms with van der Waals surface area (Å²) >= 11 is 0. The maximum absolute atomic E-state index is 13.2. The fourth-order valence-electron chi connectivity index (χ4n) is 4.32. The van der Waals surface area contributed by atoms with Gasteiger partial charge in [0.2, 0.25) is 0 Å². The van der Waals surface area contributed by atoms with Gasteiger partial charge in [-0.05, 0) is 34.4 Å². The zero-order chi connectivity index (χ0) is 21.4. The molecule has 0 bridgehead atoms. The highest BCUT2D eigenvalue weighted by molar-refractivity contribution is 6.13. The normalized spacial score (nSPS) is 19.5. The quantitative estimate of drug-likeness (QED) is 0.306. The lowest BCUT2D eigenvalue weighted by Gasteiger charge is -2.29. The van der Waals surface area contributed by atoms with Crippen LogP contribution in [0.2, 0.25) is 0 Å². The van der Waals surface area contributed by atoms with E-state index in [0.29, 0.717) is 17.7 Å². The number of allylic oxidation sites excluding steroid dienone is 3. The van der Waals surface area contributed by atoms with Crippen molar-refractivity contribution >= 4 is 22.7 Å². The molecule has 6 nitrogen and oxygen atoms in total. The predicted octanol–water partition coefficient (Wildman–Crippen LogP) is 5.92. The van der Waals surface area contributed by atoms with Gasteiger partial charge in [-0.1, -0.05) is 66.7 Å². The van der Waals surface area contributed by atoms with Gasteiger partial charge in [-0.25, -0.2) is 0 Å². The minimum atomic E-state index is -1.07. The summed E-state index contributed by atoms with van der Waals surface area (Å²) in [5.41, 5.74) is 3.60. The molecule has 0 saturated heterocycles. The number of fused-ring (bicyclic) bond motifs is 2. The fourth-order valence-corrected chi connectivity index (χ4v) is 4.32. The Morgan fingerprint density at radius 2 is 1.61 bits per heavy atom. The molecule has 2 aliphatic carbocycles. The van der Waals surface area contributed by atoms with Crippen LogP contribution in [0.25, 0.3) is 5.57 Å². The Morgan fingerprint density at radius 1 is 0.903 bits per heavy atom. The van der Waals surface area contributed by atoms with E-state index in [2.05, 4.69) is 5.11 Å². The number of nitro benzene ring substituents is 1. The third kappa shape index (κ3) is 2.92.